The molecule has 3 nitrogen and oxygen atoms in total. The van der Waals surface area contributed by atoms with Crippen molar-refractivity contribution in [3.63, 3.8) is 0 Å². The number of carbonyl (C=O) groups is 1. The fourth-order valence-corrected chi connectivity index (χ4v) is 0.385. The smallest absolute Gasteiger partial charge is 0.404 e. The average molecular weight is 316 g/mol. The summed E-state index contributed by atoms with van der Waals surface area (Å²) >= 11 is 0. The van der Waals surface area contributed by atoms with Crippen LogP contribution in [0.15, 0.2) is 36.4 Å². The molecule has 0 aliphatic carbocycles. The number of hydrogen-bond donors (Lipinski definition) is 2. The molecule has 1 radical (unpaired) electrons. The Morgan fingerprint density at radius 1 is 0.875 bits per heavy atom. The molecule has 0 heterocycles. The van der Waals surface area contributed by atoms with Crippen LogP contribution >= 0.6 is 0 Å². The predicted molar refractivity (Wildman–Crippen MR) is 66.2 cm³/mol. The molecule has 0 unspecified atom stereocenters. The van der Waals surface area contributed by atoms with E-state index in [1.54, 1.807) is 0 Å². The molecule has 1 aromatic carbocycles. The van der Waals surface area contributed by atoms with Gasteiger partial charge in [-0.3, -0.25) is 0 Å². The summed E-state index contributed by atoms with van der Waals surface area (Å²) in [6.45, 7) is 8.00. The van der Waals surface area contributed by atoms with Crippen molar-refractivity contribution < 1.29 is 29.4 Å². The Kier molecular flexibility index (Phi) is 44.5. The van der Waals surface area contributed by atoms with Gasteiger partial charge in [0.1, 0.15) is 0 Å². The number of amides is 1. The third kappa shape index (κ3) is 38.0. The molecule has 0 aromatic heterocycles. The molecule has 0 saturated heterocycles. The summed E-state index contributed by atoms with van der Waals surface area (Å²) in [4.78, 5) is 9.26. The van der Waals surface area contributed by atoms with E-state index in [2.05, 4.69) is 0 Å². The molecular formula is C12H23NO2Rh. The van der Waals surface area contributed by atoms with Crippen molar-refractivity contribution in [1.82, 2.24) is 5.32 Å². The number of carboxylic acid groups (broad SMARTS) is 1. The Hall–Kier alpha value is -0.887. The Labute approximate surface area is 112 Å². The van der Waals surface area contributed by atoms with Crippen molar-refractivity contribution in [3.05, 3.63) is 36.4 Å². The van der Waals surface area contributed by atoms with E-state index in [1.807, 2.05) is 69.4 Å². The van der Waals surface area contributed by atoms with Gasteiger partial charge in [0.2, 0.25) is 0 Å². The van der Waals surface area contributed by atoms with Crippen LogP contribution in [0.5, 0.6) is 0 Å². The first-order chi connectivity index (χ1) is 7.27. The molecule has 0 fully saturated rings. The second-order valence-corrected chi connectivity index (χ2v) is 1.71. The van der Waals surface area contributed by atoms with E-state index < -0.39 is 6.09 Å². The van der Waals surface area contributed by atoms with E-state index >= 15 is 0 Å². The minimum atomic E-state index is -0.995. The van der Waals surface area contributed by atoms with Crippen LogP contribution in [-0.4, -0.2) is 18.2 Å². The fraction of sp³-hybridized carbons (Fsp3) is 0.417. The van der Waals surface area contributed by atoms with Crippen LogP contribution in [0.1, 0.15) is 27.7 Å². The number of benzene rings is 1. The van der Waals surface area contributed by atoms with Crippen molar-refractivity contribution in [2.75, 3.05) is 7.05 Å². The summed E-state index contributed by atoms with van der Waals surface area (Å²) in [6.07, 6.45) is -0.995. The van der Waals surface area contributed by atoms with Crippen LogP contribution in [0.25, 0.3) is 0 Å². The third-order valence-electron chi connectivity index (χ3n) is 0.881. The normalized spacial score (nSPS) is 5.81. The molecule has 16 heavy (non-hydrogen) atoms. The second kappa shape index (κ2) is 29.2. The summed E-state index contributed by atoms with van der Waals surface area (Å²) in [5.74, 6) is 0. The van der Waals surface area contributed by atoms with Crippen LogP contribution < -0.4 is 5.32 Å². The maximum Gasteiger partial charge on any atom is 0.404 e. The zero-order valence-corrected chi connectivity index (χ0v) is 12.3. The Balaban J connectivity index is -0.0000000664. The van der Waals surface area contributed by atoms with Crippen LogP contribution in [0.2, 0.25) is 0 Å². The molecule has 0 saturated carbocycles. The average Bonchev–Trinajstić information content (AvgIpc) is 2.37. The maximum absolute atomic E-state index is 9.26. The first-order valence-electron chi connectivity index (χ1n) is 5.18. The molecule has 1 aromatic rings. The summed E-state index contributed by atoms with van der Waals surface area (Å²) in [5.41, 5.74) is 0. The molecule has 1 amide bonds. The minimum Gasteiger partial charge on any atom is -0.465 e. The molecule has 0 bridgehead atoms. The van der Waals surface area contributed by atoms with E-state index in [-0.39, 0.29) is 19.5 Å². The molecule has 0 atom stereocenters. The zero-order chi connectivity index (χ0) is 12.5. The summed E-state index contributed by atoms with van der Waals surface area (Å²) < 4.78 is 0. The van der Waals surface area contributed by atoms with E-state index in [0.717, 1.165) is 0 Å². The Bertz CT molecular complexity index is 167. The molecule has 0 spiro atoms. The van der Waals surface area contributed by atoms with Gasteiger partial charge >= 0.3 is 6.09 Å². The zero-order valence-electron chi connectivity index (χ0n) is 10.7. The Morgan fingerprint density at radius 3 is 1.06 bits per heavy atom. The standard InChI is InChI=1S/C6H6.C2H5NO2.2C2H6.Rh/c1-2-4-6-5-3-1;1-3-2(4)5;2*1-2;/h1-6H;3H,1H3,(H,4,5);2*1-2H3;. The molecule has 0 aliphatic heterocycles. The SMILES string of the molecule is CC.CC.CNC(=O)O.[Rh].c1ccccc1. The first-order valence-corrected chi connectivity index (χ1v) is 5.18. The van der Waals surface area contributed by atoms with Gasteiger partial charge in [-0.15, -0.1) is 0 Å². The van der Waals surface area contributed by atoms with Crippen LogP contribution in [0.3, 0.4) is 0 Å². The van der Waals surface area contributed by atoms with Gasteiger partial charge in [0.05, 0.1) is 0 Å². The van der Waals surface area contributed by atoms with E-state index in [0.29, 0.717) is 0 Å². The summed E-state index contributed by atoms with van der Waals surface area (Å²) in [7, 11) is 1.35. The maximum atomic E-state index is 9.26. The van der Waals surface area contributed by atoms with Crippen molar-refractivity contribution in [2.45, 2.75) is 27.7 Å². The summed E-state index contributed by atoms with van der Waals surface area (Å²) in [6, 6.07) is 12.0. The van der Waals surface area contributed by atoms with E-state index in [1.165, 1.54) is 7.05 Å². The van der Waals surface area contributed by atoms with Crippen LogP contribution in [-0.2, 0) is 19.5 Å². The molecule has 2 N–H and O–H groups in total. The Morgan fingerprint density at radius 2 is 1.00 bits per heavy atom. The van der Waals surface area contributed by atoms with Crippen LogP contribution in [0.4, 0.5) is 4.79 Å². The number of rotatable bonds is 0. The largest absolute Gasteiger partial charge is 0.465 e. The van der Waals surface area contributed by atoms with Gasteiger partial charge in [0.25, 0.3) is 0 Å². The second-order valence-electron chi connectivity index (χ2n) is 1.71. The quantitative estimate of drug-likeness (QED) is 0.718. The number of nitrogens with one attached hydrogen (secondary N) is 1. The third-order valence-corrected chi connectivity index (χ3v) is 0.881. The van der Waals surface area contributed by atoms with Gasteiger partial charge in [0, 0.05) is 26.5 Å². The summed E-state index contributed by atoms with van der Waals surface area (Å²) in [5, 5.41) is 9.56. The van der Waals surface area contributed by atoms with E-state index in [9.17, 15) is 4.79 Å². The van der Waals surface area contributed by atoms with Gasteiger partial charge in [-0.2, -0.15) is 0 Å². The van der Waals surface area contributed by atoms with Crippen molar-refractivity contribution in [2.24, 2.45) is 0 Å². The van der Waals surface area contributed by atoms with Gasteiger partial charge in [-0.1, -0.05) is 64.1 Å². The van der Waals surface area contributed by atoms with Crippen molar-refractivity contribution >= 4 is 6.09 Å². The molecule has 1 rings (SSSR count). The molecule has 0 aliphatic rings. The van der Waals surface area contributed by atoms with Crippen molar-refractivity contribution in [1.29, 1.82) is 0 Å². The number of hydrogen-bond acceptors (Lipinski definition) is 1. The predicted octanol–water partition coefficient (Wildman–Crippen LogP) is 3.62. The monoisotopic (exact) mass is 316 g/mol. The van der Waals surface area contributed by atoms with Gasteiger partial charge < -0.3 is 10.4 Å². The van der Waals surface area contributed by atoms with Crippen molar-refractivity contribution in [3.8, 4) is 0 Å². The van der Waals surface area contributed by atoms with Crippen LogP contribution in [0, 0.1) is 0 Å². The topological polar surface area (TPSA) is 49.3 Å². The van der Waals surface area contributed by atoms with Gasteiger partial charge in [-0.25, -0.2) is 4.79 Å². The first kappa shape index (κ1) is 24.4. The van der Waals surface area contributed by atoms with Gasteiger partial charge in [0.15, 0.2) is 0 Å². The molecular weight excluding hydrogens is 293 g/mol. The molecule has 97 valence electrons. The van der Waals surface area contributed by atoms with Gasteiger partial charge in [-0.05, 0) is 0 Å². The molecule has 4 heteroatoms. The van der Waals surface area contributed by atoms with E-state index in [4.69, 9.17) is 5.11 Å². The minimum absolute atomic E-state index is 0. The fourth-order valence-electron chi connectivity index (χ4n) is 0.385.